The van der Waals surface area contributed by atoms with Crippen molar-refractivity contribution in [3.8, 4) is 0 Å². The second kappa shape index (κ2) is 7.47. The van der Waals surface area contributed by atoms with Crippen molar-refractivity contribution < 1.29 is 19.4 Å². The molecule has 0 aromatic carbocycles. The van der Waals surface area contributed by atoms with Crippen LogP contribution in [0.3, 0.4) is 0 Å². The van der Waals surface area contributed by atoms with Crippen LogP contribution in [-0.4, -0.2) is 54.9 Å². The Balaban J connectivity index is 2.59. The van der Waals surface area contributed by atoms with E-state index in [1.165, 1.54) is 0 Å². The maximum atomic E-state index is 12.2. The molecule has 1 aliphatic rings. The third kappa shape index (κ3) is 3.85. The summed E-state index contributed by atoms with van der Waals surface area (Å²) in [4.78, 5) is 25.2. The van der Waals surface area contributed by atoms with Crippen molar-refractivity contribution >= 4 is 12.0 Å². The van der Waals surface area contributed by atoms with Gasteiger partial charge in [-0.3, -0.25) is 4.79 Å². The first kappa shape index (κ1) is 16.8. The van der Waals surface area contributed by atoms with Gasteiger partial charge in [-0.15, -0.1) is 0 Å². The molecule has 0 bridgehead atoms. The molecule has 6 nitrogen and oxygen atoms in total. The first-order valence-electron chi connectivity index (χ1n) is 7.26. The molecule has 116 valence electrons. The number of aliphatic carboxylic acids is 1. The fourth-order valence-corrected chi connectivity index (χ4v) is 2.67. The molecule has 0 saturated carbocycles. The number of likely N-dealkylation sites (tertiary alicyclic amines) is 1. The molecule has 2 atom stereocenters. The number of nitrogens with one attached hydrogen (secondary N) is 1. The molecule has 0 aliphatic carbocycles. The van der Waals surface area contributed by atoms with E-state index in [2.05, 4.69) is 12.2 Å². The monoisotopic (exact) mass is 286 g/mol. The van der Waals surface area contributed by atoms with Gasteiger partial charge < -0.3 is 20.1 Å². The van der Waals surface area contributed by atoms with Gasteiger partial charge in [0.05, 0.1) is 18.1 Å². The summed E-state index contributed by atoms with van der Waals surface area (Å²) in [6.45, 7) is 5.18. The van der Waals surface area contributed by atoms with Crippen LogP contribution in [0, 0.1) is 5.41 Å². The molecule has 2 N–H and O–H groups in total. The number of carboxylic acid groups (broad SMARTS) is 1. The minimum atomic E-state index is -0.808. The molecule has 6 heteroatoms. The molecule has 0 radical (unpaired) electrons. The minimum absolute atomic E-state index is 0.0149. The SMILES string of the molecule is CCCC(COC)NC(=O)N1CCC(CC)(C(=O)O)C1. The van der Waals surface area contributed by atoms with E-state index in [0.29, 0.717) is 26.0 Å². The Kier molecular flexibility index (Phi) is 6.26. The lowest BCUT2D eigenvalue weighted by Crippen LogP contribution is -2.46. The van der Waals surface area contributed by atoms with Crippen molar-refractivity contribution in [3.05, 3.63) is 0 Å². The van der Waals surface area contributed by atoms with E-state index in [1.54, 1.807) is 12.0 Å². The number of hydrogen-bond donors (Lipinski definition) is 2. The summed E-state index contributed by atoms with van der Waals surface area (Å²) in [6.07, 6.45) is 2.88. The summed E-state index contributed by atoms with van der Waals surface area (Å²) >= 11 is 0. The highest BCUT2D eigenvalue weighted by atomic mass is 16.5. The zero-order valence-corrected chi connectivity index (χ0v) is 12.6. The molecule has 0 aromatic rings. The van der Waals surface area contributed by atoms with Gasteiger partial charge >= 0.3 is 12.0 Å². The predicted molar refractivity (Wildman–Crippen MR) is 75.7 cm³/mol. The molecule has 1 saturated heterocycles. The smallest absolute Gasteiger partial charge is 0.317 e. The number of carbonyl (C=O) groups is 2. The number of ether oxygens (including phenoxy) is 1. The highest BCUT2D eigenvalue weighted by Gasteiger charge is 2.44. The number of amides is 2. The molecule has 2 unspecified atom stereocenters. The van der Waals surface area contributed by atoms with Crippen molar-refractivity contribution in [2.75, 3.05) is 26.8 Å². The number of nitrogens with zero attached hydrogens (tertiary/aromatic N) is 1. The van der Waals surface area contributed by atoms with Crippen molar-refractivity contribution in [2.24, 2.45) is 5.41 Å². The normalized spacial score (nSPS) is 23.6. The van der Waals surface area contributed by atoms with Gasteiger partial charge in [-0.1, -0.05) is 20.3 Å². The van der Waals surface area contributed by atoms with Gasteiger partial charge in [0.2, 0.25) is 0 Å². The Labute approximate surface area is 120 Å². The number of rotatable bonds is 7. The van der Waals surface area contributed by atoms with Gasteiger partial charge in [0.1, 0.15) is 0 Å². The summed E-state index contributed by atoms with van der Waals surface area (Å²) in [5, 5.41) is 12.3. The predicted octanol–water partition coefficient (Wildman–Crippen LogP) is 1.70. The lowest BCUT2D eigenvalue weighted by molar-refractivity contribution is -0.148. The average molecular weight is 286 g/mol. The van der Waals surface area contributed by atoms with Gasteiger partial charge in [0, 0.05) is 20.2 Å². The second-order valence-electron chi connectivity index (χ2n) is 5.50. The van der Waals surface area contributed by atoms with Crippen molar-refractivity contribution in [2.45, 2.75) is 45.6 Å². The highest BCUT2D eigenvalue weighted by molar-refractivity contribution is 5.79. The van der Waals surface area contributed by atoms with E-state index < -0.39 is 11.4 Å². The number of carbonyl (C=O) groups excluding carboxylic acids is 1. The Morgan fingerprint density at radius 1 is 1.45 bits per heavy atom. The maximum Gasteiger partial charge on any atom is 0.317 e. The average Bonchev–Trinajstić information content (AvgIpc) is 2.85. The molecule has 1 rings (SSSR count). The highest BCUT2D eigenvalue weighted by Crippen LogP contribution is 2.34. The van der Waals surface area contributed by atoms with Crippen LogP contribution >= 0.6 is 0 Å². The lowest BCUT2D eigenvalue weighted by atomic mass is 9.84. The van der Waals surface area contributed by atoms with Crippen LogP contribution in [0.2, 0.25) is 0 Å². The van der Waals surface area contributed by atoms with Crippen LogP contribution in [0.5, 0.6) is 0 Å². The number of methoxy groups -OCH3 is 1. The van der Waals surface area contributed by atoms with Crippen LogP contribution in [0.1, 0.15) is 39.5 Å². The Bertz CT molecular complexity index is 342. The fourth-order valence-electron chi connectivity index (χ4n) is 2.67. The van der Waals surface area contributed by atoms with E-state index >= 15 is 0 Å². The van der Waals surface area contributed by atoms with Crippen molar-refractivity contribution in [1.82, 2.24) is 10.2 Å². The summed E-state index contributed by atoms with van der Waals surface area (Å²) < 4.78 is 5.09. The first-order valence-corrected chi connectivity index (χ1v) is 7.26. The third-order valence-electron chi connectivity index (χ3n) is 4.10. The molecule has 20 heavy (non-hydrogen) atoms. The van der Waals surface area contributed by atoms with E-state index in [9.17, 15) is 14.7 Å². The van der Waals surface area contributed by atoms with Crippen LogP contribution in [0.25, 0.3) is 0 Å². The molecule has 1 fully saturated rings. The minimum Gasteiger partial charge on any atom is -0.481 e. The van der Waals surface area contributed by atoms with E-state index in [-0.39, 0.29) is 18.6 Å². The van der Waals surface area contributed by atoms with Gasteiger partial charge in [-0.05, 0) is 19.3 Å². The quantitative estimate of drug-likeness (QED) is 0.746. The van der Waals surface area contributed by atoms with Crippen molar-refractivity contribution in [3.63, 3.8) is 0 Å². The summed E-state index contributed by atoms with van der Waals surface area (Å²) in [5.74, 6) is -0.808. The molecule has 2 amide bonds. The van der Waals surface area contributed by atoms with Crippen LogP contribution in [0.4, 0.5) is 4.79 Å². The standard InChI is InChI=1S/C14H26N2O4/c1-4-6-11(9-20-3)15-13(19)16-8-7-14(5-2,10-16)12(17)18/h11H,4-10H2,1-3H3,(H,15,19)(H,17,18). The largest absolute Gasteiger partial charge is 0.481 e. The molecular formula is C14H26N2O4. The molecule has 1 heterocycles. The second-order valence-corrected chi connectivity index (χ2v) is 5.50. The zero-order chi connectivity index (χ0) is 15.2. The summed E-state index contributed by atoms with van der Waals surface area (Å²) in [5.41, 5.74) is -0.779. The van der Waals surface area contributed by atoms with Crippen molar-refractivity contribution in [1.29, 1.82) is 0 Å². The van der Waals surface area contributed by atoms with Crippen LogP contribution < -0.4 is 5.32 Å². The number of carboxylic acids is 1. The van der Waals surface area contributed by atoms with Gasteiger partial charge in [0.25, 0.3) is 0 Å². The van der Waals surface area contributed by atoms with Crippen LogP contribution in [-0.2, 0) is 9.53 Å². The third-order valence-corrected chi connectivity index (χ3v) is 4.10. The zero-order valence-electron chi connectivity index (χ0n) is 12.6. The number of urea groups is 1. The van der Waals surface area contributed by atoms with Gasteiger partial charge in [0.15, 0.2) is 0 Å². The molecular weight excluding hydrogens is 260 g/mol. The summed E-state index contributed by atoms with van der Waals surface area (Å²) in [6, 6.07) is -0.198. The molecule has 0 aromatic heterocycles. The maximum absolute atomic E-state index is 12.2. The van der Waals surface area contributed by atoms with Gasteiger partial charge in [-0.2, -0.15) is 0 Å². The van der Waals surface area contributed by atoms with Crippen LogP contribution in [0.15, 0.2) is 0 Å². The number of hydrogen-bond acceptors (Lipinski definition) is 3. The first-order chi connectivity index (χ1) is 9.49. The Morgan fingerprint density at radius 3 is 2.60 bits per heavy atom. The lowest BCUT2D eigenvalue weighted by Gasteiger charge is -2.25. The van der Waals surface area contributed by atoms with E-state index in [0.717, 1.165) is 12.8 Å². The van der Waals surface area contributed by atoms with E-state index in [1.807, 2.05) is 6.92 Å². The van der Waals surface area contributed by atoms with Gasteiger partial charge in [-0.25, -0.2) is 4.79 Å². The Hall–Kier alpha value is -1.30. The summed E-state index contributed by atoms with van der Waals surface area (Å²) in [7, 11) is 1.61. The van der Waals surface area contributed by atoms with E-state index in [4.69, 9.17) is 4.74 Å². The fraction of sp³-hybridized carbons (Fsp3) is 0.857. The topological polar surface area (TPSA) is 78.9 Å². The Morgan fingerprint density at radius 2 is 2.15 bits per heavy atom. The molecule has 1 aliphatic heterocycles. The molecule has 0 spiro atoms.